The summed E-state index contributed by atoms with van der Waals surface area (Å²) >= 11 is 0. The zero-order valence-electron chi connectivity index (χ0n) is 11.5. The minimum atomic E-state index is 0.462. The number of hydrogen-bond acceptors (Lipinski definition) is 4. The molecule has 3 rings (SSSR count). The second kappa shape index (κ2) is 4.76. The van der Waals surface area contributed by atoms with Crippen molar-refractivity contribution in [3.8, 4) is 0 Å². The van der Waals surface area contributed by atoms with Crippen LogP contribution in [-0.4, -0.2) is 11.0 Å². The van der Waals surface area contributed by atoms with E-state index >= 15 is 0 Å². The Bertz CT molecular complexity index is 568. The molecule has 102 valence electrons. The SMILES string of the molecule is CC1CC(C)CC(Nc2nc3ccc(N)cc3o2)C1. The number of nitrogen functional groups attached to an aromatic ring is 1. The molecule has 0 aliphatic heterocycles. The number of aromatic nitrogens is 1. The van der Waals surface area contributed by atoms with Crippen LogP contribution in [0.2, 0.25) is 0 Å². The lowest BCUT2D eigenvalue weighted by Crippen LogP contribution is -2.30. The molecule has 0 spiro atoms. The lowest BCUT2D eigenvalue weighted by molar-refractivity contribution is 0.278. The third-order valence-electron chi connectivity index (χ3n) is 3.92. The second-order valence-corrected chi connectivity index (χ2v) is 6.00. The van der Waals surface area contributed by atoms with Gasteiger partial charge in [0.25, 0.3) is 6.01 Å². The molecule has 1 aromatic heterocycles. The van der Waals surface area contributed by atoms with E-state index < -0.39 is 0 Å². The van der Waals surface area contributed by atoms with E-state index in [4.69, 9.17) is 10.2 Å². The molecule has 1 fully saturated rings. The fourth-order valence-electron chi connectivity index (χ4n) is 3.24. The molecule has 2 aromatic rings. The molecule has 19 heavy (non-hydrogen) atoms. The van der Waals surface area contributed by atoms with Gasteiger partial charge in [0.1, 0.15) is 5.52 Å². The minimum absolute atomic E-state index is 0.462. The maximum absolute atomic E-state index is 5.75. The molecule has 4 nitrogen and oxygen atoms in total. The molecular formula is C15H21N3O. The van der Waals surface area contributed by atoms with Crippen LogP contribution in [0.25, 0.3) is 11.1 Å². The highest BCUT2D eigenvalue weighted by Gasteiger charge is 2.24. The van der Waals surface area contributed by atoms with Crippen molar-refractivity contribution in [2.24, 2.45) is 11.8 Å². The maximum atomic E-state index is 5.75. The number of benzene rings is 1. The van der Waals surface area contributed by atoms with Crippen molar-refractivity contribution in [1.82, 2.24) is 4.98 Å². The van der Waals surface area contributed by atoms with E-state index in [1.54, 1.807) is 0 Å². The summed E-state index contributed by atoms with van der Waals surface area (Å²) in [5.41, 5.74) is 8.05. The van der Waals surface area contributed by atoms with Crippen molar-refractivity contribution in [1.29, 1.82) is 0 Å². The lowest BCUT2D eigenvalue weighted by atomic mass is 9.80. The Hall–Kier alpha value is -1.71. The minimum Gasteiger partial charge on any atom is -0.423 e. The van der Waals surface area contributed by atoms with Gasteiger partial charge in [0.2, 0.25) is 0 Å². The molecule has 0 radical (unpaired) electrons. The number of anilines is 2. The normalized spacial score (nSPS) is 27.6. The summed E-state index contributed by atoms with van der Waals surface area (Å²) in [4.78, 5) is 4.46. The molecule has 4 heteroatoms. The van der Waals surface area contributed by atoms with Crippen molar-refractivity contribution < 1.29 is 4.42 Å². The van der Waals surface area contributed by atoms with Gasteiger partial charge < -0.3 is 15.5 Å². The Balaban J connectivity index is 1.77. The van der Waals surface area contributed by atoms with Crippen molar-refractivity contribution in [3.05, 3.63) is 18.2 Å². The van der Waals surface area contributed by atoms with Crippen LogP contribution in [0.3, 0.4) is 0 Å². The van der Waals surface area contributed by atoms with E-state index in [2.05, 4.69) is 24.1 Å². The van der Waals surface area contributed by atoms with E-state index in [0.717, 1.165) is 22.9 Å². The van der Waals surface area contributed by atoms with Crippen LogP contribution >= 0.6 is 0 Å². The van der Waals surface area contributed by atoms with Crippen LogP contribution in [0.1, 0.15) is 33.1 Å². The van der Waals surface area contributed by atoms with Crippen LogP contribution in [0.15, 0.2) is 22.6 Å². The molecule has 0 bridgehead atoms. The first-order chi connectivity index (χ1) is 9.10. The molecule has 2 atom stereocenters. The van der Waals surface area contributed by atoms with Gasteiger partial charge in [-0.15, -0.1) is 0 Å². The number of hydrogen-bond donors (Lipinski definition) is 2. The second-order valence-electron chi connectivity index (χ2n) is 6.00. The zero-order valence-corrected chi connectivity index (χ0v) is 11.5. The topological polar surface area (TPSA) is 64.1 Å². The first-order valence-electron chi connectivity index (χ1n) is 7.03. The Morgan fingerprint density at radius 3 is 2.68 bits per heavy atom. The smallest absolute Gasteiger partial charge is 0.295 e. The van der Waals surface area contributed by atoms with Gasteiger partial charge in [0.15, 0.2) is 5.58 Å². The van der Waals surface area contributed by atoms with Gasteiger partial charge in [-0.3, -0.25) is 0 Å². The average molecular weight is 259 g/mol. The quantitative estimate of drug-likeness (QED) is 0.808. The van der Waals surface area contributed by atoms with Gasteiger partial charge in [-0.25, -0.2) is 0 Å². The molecule has 1 aromatic carbocycles. The van der Waals surface area contributed by atoms with Gasteiger partial charge in [-0.05, 0) is 43.2 Å². The molecule has 1 aliphatic rings. The summed E-state index contributed by atoms with van der Waals surface area (Å²) in [6, 6.07) is 6.64. The molecule has 0 saturated heterocycles. The van der Waals surface area contributed by atoms with Gasteiger partial charge in [-0.1, -0.05) is 13.8 Å². The number of fused-ring (bicyclic) bond motifs is 1. The molecule has 0 amide bonds. The Labute approximate surface area is 113 Å². The monoisotopic (exact) mass is 259 g/mol. The van der Waals surface area contributed by atoms with Crippen molar-refractivity contribution in [3.63, 3.8) is 0 Å². The molecule has 2 unspecified atom stereocenters. The summed E-state index contributed by atoms with van der Waals surface area (Å²) in [6.45, 7) is 4.63. The standard InChI is InChI=1S/C15H21N3O/c1-9-5-10(2)7-12(6-9)17-15-18-13-4-3-11(16)8-14(13)19-15/h3-4,8-10,12H,5-7,16H2,1-2H3,(H,17,18). The van der Waals surface area contributed by atoms with Crippen LogP contribution in [0.4, 0.5) is 11.7 Å². The van der Waals surface area contributed by atoms with Gasteiger partial charge in [-0.2, -0.15) is 4.98 Å². The first kappa shape index (κ1) is 12.3. The summed E-state index contributed by atoms with van der Waals surface area (Å²) in [5.74, 6) is 1.53. The van der Waals surface area contributed by atoms with Crippen LogP contribution in [0, 0.1) is 11.8 Å². The van der Waals surface area contributed by atoms with Crippen molar-refractivity contribution in [2.75, 3.05) is 11.1 Å². The lowest BCUT2D eigenvalue weighted by Gasteiger charge is -2.31. The van der Waals surface area contributed by atoms with Gasteiger partial charge in [0, 0.05) is 17.8 Å². The van der Waals surface area contributed by atoms with E-state index in [1.165, 1.54) is 19.3 Å². The van der Waals surface area contributed by atoms with Gasteiger partial charge >= 0.3 is 0 Å². The fourth-order valence-corrected chi connectivity index (χ4v) is 3.24. The molecule has 3 N–H and O–H groups in total. The maximum Gasteiger partial charge on any atom is 0.295 e. The van der Waals surface area contributed by atoms with Crippen LogP contribution in [-0.2, 0) is 0 Å². The van der Waals surface area contributed by atoms with E-state index in [9.17, 15) is 0 Å². The van der Waals surface area contributed by atoms with Crippen molar-refractivity contribution in [2.45, 2.75) is 39.2 Å². The highest BCUT2D eigenvalue weighted by Crippen LogP contribution is 2.31. The van der Waals surface area contributed by atoms with E-state index in [-0.39, 0.29) is 0 Å². The zero-order chi connectivity index (χ0) is 13.4. The number of nitrogens with one attached hydrogen (secondary N) is 1. The fraction of sp³-hybridized carbons (Fsp3) is 0.533. The third-order valence-corrected chi connectivity index (χ3v) is 3.92. The van der Waals surface area contributed by atoms with Crippen molar-refractivity contribution >= 4 is 22.8 Å². The number of rotatable bonds is 2. The molecule has 1 heterocycles. The van der Waals surface area contributed by atoms with Crippen LogP contribution in [0.5, 0.6) is 0 Å². The third kappa shape index (κ3) is 2.67. The predicted molar refractivity (Wildman–Crippen MR) is 78.0 cm³/mol. The number of nitrogens with two attached hydrogens (primary N) is 1. The largest absolute Gasteiger partial charge is 0.423 e. The molecular weight excluding hydrogens is 238 g/mol. The highest BCUT2D eigenvalue weighted by atomic mass is 16.4. The van der Waals surface area contributed by atoms with E-state index in [0.29, 0.717) is 17.7 Å². The summed E-state index contributed by atoms with van der Waals surface area (Å²) in [5, 5.41) is 3.43. The number of nitrogens with zero attached hydrogens (tertiary/aromatic N) is 1. The Morgan fingerprint density at radius 1 is 1.21 bits per heavy atom. The average Bonchev–Trinajstić information content (AvgIpc) is 2.68. The highest BCUT2D eigenvalue weighted by molar-refractivity contribution is 5.78. The molecule has 1 aliphatic carbocycles. The van der Waals surface area contributed by atoms with E-state index in [1.807, 2.05) is 18.2 Å². The first-order valence-corrected chi connectivity index (χ1v) is 7.03. The summed E-state index contributed by atoms with van der Waals surface area (Å²) < 4.78 is 5.72. The van der Waals surface area contributed by atoms with Crippen LogP contribution < -0.4 is 11.1 Å². The summed E-state index contributed by atoms with van der Waals surface area (Å²) in [6.07, 6.45) is 3.69. The molecule has 1 saturated carbocycles. The predicted octanol–water partition coefficient (Wildman–Crippen LogP) is 3.65. The summed E-state index contributed by atoms with van der Waals surface area (Å²) in [7, 11) is 0. The Morgan fingerprint density at radius 2 is 1.95 bits per heavy atom. The Kier molecular flexibility index (Phi) is 3.09. The number of oxazole rings is 1. The van der Waals surface area contributed by atoms with Gasteiger partial charge in [0.05, 0.1) is 0 Å².